The zero-order valence-electron chi connectivity index (χ0n) is 79.0. The van der Waals surface area contributed by atoms with Gasteiger partial charge in [0.15, 0.2) is 0 Å². The quantitative estimate of drug-likeness (QED) is 0.0252. The molecule has 0 aromatic rings. The van der Waals surface area contributed by atoms with Crippen LogP contribution in [0, 0.1) is 29.6 Å². The Morgan fingerprint density at radius 1 is 0.256 bits per heavy atom. The van der Waals surface area contributed by atoms with E-state index in [0.717, 1.165) is 51.4 Å². The van der Waals surface area contributed by atoms with Gasteiger partial charge in [-0.3, -0.25) is 0 Å². The largest absolute Gasteiger partial charge is 0.451 e. The summed E-state index contributed by atoms with van der Waals surface area (Å²) in [6, 6.07) is -1.08. The van der Waals surface area contributed by atoms with Crippen LogP contribution in [0.5, 0.6) is 0 Å². The molecule has 133 heavy (non-hydrogen) atoms. The van der Waals surface area contributed by atoms with Crippen molar-refractivity contribution in [3.05, 3.63) is 0 Å². The molecule has 5 saturated heterocycles. The van der Waals surface area contributed by atoms with Crippen LogP contribution >= 0.6 is 0 Å². The molecule has 10 atom stereocenters. The molecule has 5 heterocycles. The van der Waals surface area contributed by atoms with E-state index in [1.807, 2.05) is 51.8 Å². The van der Waals surface area contributed by atoms with Gasteiger partial charge in [0, 0.05) is 200 Å². The minimum absolute atomic E-state index is 0.0196. The number of hydrogen-bond acceptors (Lipinski definition) is 41. The van der Waals surface area contributed by atoms with Gasteiger partial charge in [-0.15, -0.1) is 0 Å². The van der Waals surface area contributed by atoms with Crippen LogP contribution in [-0.4, -0.2) is 440 Å². The fourth-order valence-corrected chi connectivity index (χ4v) is 23.4. The van der Waals surface area contributed by atoms with Gasteiger partial charge in [-0.05, 0) is 147 Å². The Hall–Kier alpha value is -4.27. The van der Waals surface area contributed by atoms with E-state index in [0.29, 0.717) is 195 Å². The molecule has 0 amide bonds. The Kier molecular flexibility index (Phi) is 81.9. The summed E-state index contributed by atoms with van der Waals surface area (Å²) in [5.74, 6) is 0.251. The van der Waals surface area contributed by atoms with E-state index in [1.54, 1.807) is 8.61 Å². The molecule has 778 valence electrons. The van der Waals surface area contributed by atoms with Crippen LogP contribution in [0.1, 0.15) is 143 Å². The van der Waals surface area contributed by atoms with Crippen molar-refractivity contribution >= 4 is 117 Å². The molecule has 5 aliphatic rings. The molecule has 5 aliphatic heterocycles. The first-order valence-corrected chi connectivity index (χ1v) is 51.8. The molecule has 0 aromatic carbocycles. The van der Waals surface area contributed by atoms with E-state index in [-0.39, 0.29) is 162 Å². The highest BCUT2D eigenvalue weighted by molar-refractivity contribution is 7.87. The normalized spacial score (nSPS) is 20.4. The molecule has 5 fully saturated rings. The Labute approximate surface area is 790 Å². The van der Waals surface area contributed by atoms with Crippen molar-refractivity contribution in [3.8, 4) is 0 Å². The average Bonchev–Trinajstić information content (AvgIpc) is 1.68. The third-order valence-corrected chi connectivity index (χ3v) is 31.7. The molecule has 0 unspecified atom stereocenters. The Morgan fingerprint density at radius 3 is 0.541 bits per heavy atom. The van der Waals surface area contributed by atoms with Crippen molar-refractivity contribution in [1.82, 2.24) is 52.9 Å². The third-order valence-electron chi connectivity index (χ3n) is 21.9. The lowest BCUT2D eigenvalue weighted by Gasteiger charge is -2.28. The van der Waals surface area contributed by atoms with Gasteiger partial charge in [-0.2, -0.15) is 133 Å². The molecule has 5 rings (SSSR count). The van der Waals surface area contributed by atoms with Crippen LogP contribution in [0.4, 0.5) is 0 Å². The number of nitrogens with zero attached hydrogens (tertiary/aromatic N) is 12. The highest BCUT2D eigenvalue weighted by Gasteiger charge is 2.45. The van der Waals surface area contributed by atoms with Crippen LogP contribution in [0.15, 0.2) is 0 Å². The fraction of sp³-hybridized carbons (Fsp3) is 0.931. The maximum atomic E-state index is 13.0. The molecule has 28 N–H and O–H groups in total. The van der Waals surface area contributed by atoms with Crippen LogP contribution < -0.4 is 51.6 Å². The second-order valence-electron chi connectivity index (χ2n) is 32.9. The van der Waals surface area contributed by atoms with Crippen LogP contribution in [0.3, 0.4) is 0 Å². The Bertz CT molecular complexity index is 3590. The lowest BCUT2D eigenvalue weighted by molar-refractivity contribution is -0.193. The summed E-state index contributed by atoms with van der Waals surface area (Å²) in [5, 5.41) is 89.0. The van der Waals surface area contributed by atoms with Crippen LogP contribution in [0.25, 0.3) is 0 Å². The van der Waals surface area contributed by atoms with Crippen molar-refractivity contribution in [2.45, 2.75) is 205 Å². The highest BCUT2D eigenvalue weighted by Crippen LogP contribution is 2.31. The summed E-state index contributed by atoms with van der Waals surface area (Å²) in [4.78, 5) is 85.2. The summed E-state index contributed by atoms with van der Waals surface area (Å²) in [6.07, 6.45) is 16.4. The van der Waals surface area contributed by atoms with E-state index in [4.69, 9.17) is 150 Å². The van der Waals surface area contributed by atoms with Gasteiger partial charge in [0.1, 0.15) is 0 Å². The Morgan fingerprint density at radius 2 is 0.398 bits per heavy atom. The Balaban J connectivity index is -0.000000493. The zero-order chi connectivity index (χ0) is 103. The maximum Gasteiger partial charge on any atom is 0.451 e. The first kappa shape index (κ1) is 137. The lowest BCUT2D eigenvalue weighted by Crippen LogP contribution is -2.47. The number of nitrogens with two attached hydrogens (primary N) is 9. The van der Waals surface area contributed by atoms with Gasteiger partial charge < -0.3 is 112 Å². The predicted molar refractivity (Wildman–Crippen MR) is 497 cm³/mol. The number of rotatable bonds is 56. The molecular formula is C72H160B5N21O30S5. The average molecular weight is 2010 g/mol. The molecular weight excluding hydrogens is 1850 g/mol. The maximum absolute atomic E-state index is 13.0. The standard InChI is InChI=1S/C15H35BN4O4S.C15H34BN3O4S.C13H32BN5O4S.C13H31BN4O4S.C11H28BN5O4S.5CO2/c1-4-5-9-19(11-10-18(2)3)25(23,24)20-12-14(15(17)13-20)7-6-8-16(21)22;1-3-5-10-18(11-6-4-2)24(22,23)19-12-14(15(17)13-19)8-7-9-16(20)21;1-17(2)8-9-18(7-6-15)24(22,23)19-10-12(13(16)11-19)4-3-5-14(20)21;1-2-3-8-17(9-7-15)23(21,22)18-10-12(13(16)11-18)5-4-6-14(19)20;13-4-6-16(7-5-14)22(20,21)17-8-10(11(15)9-17)2-1-3-12(18)19;5*2-1-3/h14-15,21-22H,4-13,17H2,1-3H3;14-15,20-21H,3-13,17H2,1-2H3;12-13,20-21H,3-11,15-16H2,1-2H3;12-13,19-20H,2-11,15-16H2,1H3;10-11,18-19H,1-9,13-15H2;;;;;/t2*14-,15-;2*12-,13-;10-,11-;;;;;/m00000...../s1. The van der Waals surface area contributed by atoms with Gasteiger partial charge in [-0.1, -0.05) is 85.5 Å². The van der Waals surface area contributed by atoms with Gasteiger partial charge in [-0.25, -0.2) is 0 Å². The first-order valence-electron chi connectivity index (χ1n) is 44.8. The molecule has 0 spiro atoms. The van der Waals surface area contributed by atoms with Crippen LogP contribution in [0.2, 0.25) is 31.6 Å². The summed E-state index contributed by atoms with van der Waals surface area (Å²) >= 11 is 0. The van der Waals surface area contributed by atoms with Gasteiger partial charge in [0.2, 0.25) is 0 Å². The van der Waals surface area contributed by atoms with E-state index in [2.05, 4.69) is 13.8 Å². The second kappa shape index (κ2) is 79.4. The number of likely N-dealkylation sites (N-methyl/N-ethyl adjacent to an activating group) is 2. The summed E-state index contributed by atoms with van der Waals surface area (Å²) in [5.41, 5.74) is 52.5. The van der Waals surface area contributed by atoms with E-state index >= 15 is 0 Å². The van der Waals surface area contributed by atoms with E-state index in [1.165, 1.54) is 34.4 Å². The highest BCUT2D eigenvalue weighted by atomic mass is 32.2. The minimum atomic E-state index is -3.60. The van der Waals surface area contributed by atoms with Gasteiger partial charge in [0.25, 0.3) is 51.0 Å². The van der Waals surface area contributed by atoms with Crippen molar-refractivity contribution < 1.29 is 140 Å². The number of unbranched alkanes of at least 4 members (excludes halogenated alkanes) is 4. The van der Waals surface area contributed by atoms with Crippen molar-refractivity contribution in [2.24, 2.45) is 81.2 Å². The molecule has 0 aromatic heterocycles. The van der Waals surface area contributed by atoms with Crippen molar-refractivity contribution in [3.63, 3.8) is 0 Å². The topological polar surface area (TPSA) is 817 Å². The second-order valence-corrected chi connectivity index (χ2v) is 42.5. The van der Waals surface area contributed by atoms with E-state index < -0.39 is 86.6 Å². The van der Waals surface area contributed by atoms with Crippen molar-refractivity contribution in [2.75, 3.05) is 198 Å². The number of carbonyl (C=O) groups excluding carboxylic acids is 10. The zero-order valence-corrected chi connectivity index (χ0v) is 83.1. The summed E-state index contributed by atoms with van der Waals surface area (Å²) < 4.78 is 143. The first-order chi connectivity index (χ1) is 62.4. The molecule has 0 radical (unpaired) electrons. The van der Waals surface area contributed by atoms with Crippen LogP contribution in [-0.2, 0) is 99.0 Å². The molecule has 0 aliphatic carbocycles. The fourth-order valence-electron chi connectivity index (χ4n) is 14.6. The molecule has 0 saturated carbocycles. The minimum Gasteiger partial charge on any atom is -0.427 e. The lowest BCUT2D eigenvalue weighted by atomic mass is 9.82. The van der Waals surface area contributed by atoms with Gasteiger partial charge >= 0.3 is 66.3 Å². The summed E-state index contributed by atoms with van der Waals surface area (Å²) in [6.45, 7) is 18.0. The SMILES string of the molecule is CCCCN(CCCC)S(=O)(=O)N1C[C@H](CCCB(O)O)[C@@H](N)C1.CCCCN(CCN(C)C)S(=O)(=O)N1C[C@H](CCCB(O)O)[C@@H](N)C1.CCCCN(CCN)S(=O)(=O)N1C[C@H](CCCB(O)O)[C@@H](N)C1.CN(C)CCN(CCN)S(=O)(=O)N1C[C@H](CCCB(O)O)[C@@H](N)C1.NCCN(CCN)S(=O)(=O)N1C[C@H](CCCB(O)O)[C@@H](N)C1.O=C=O.O=C=O.O=C=O.O=C=O.O=C=O. The van der Waals surface area contributed by atoms with Gasteiger partial charge in [0.05, 0.1) is 0 Å². The smallest absolute Gasteiger partial charge is 0.427 e. The third kappa shape index (κ3) is 59.8. The molecule has 61 heteroatoms. The van der Waals surface area contributed by atoms with E-state index in [9.17, 15) is 42.1 Å². The number of hydrogen-bond donors (Lipinski definition) is 19. The monoisotopic (exact) mass is 2010 g/mol. The molecule has 0 bridgehead atoms. The van der Waals surface area contributed by atoms with Crippen molar-refractivity contribution in [1.29, 1.82) is 0 Å². The molecule has 51 nitrogen and oxygen atoms in total. The predicted octanol–water partition coefficient (Wildman–Crippen LogP) is -9.53. The summed E-state index contributed by atoms with van der Waals surface area (Å²) in [7, 11) is -16.6.